The molecule has 1 amide bonds. The van der Waals surface area contributed by atoms with Crippen molar-refractivity contribution in [1.82, 2.24) is 5.32 Å². The molecule has 0 unspecified atom stereocenters. The molecule has 0 radical (unpaired) electrons. The van der Waals surface area contributed by atoms with E-state index in [0.717, 1.165) is 30.6 Å². The topological polar surface area (TPSA) is 64.3 Å². The van der Waals surface area contributed by atoms with E-state index in [0.29, 0.717) is 25.3 Å². The third-order valence-electron chi connectivity index (χ3n) is 3.82. The third-order valence-corrected chi connectivity index (χ3v) is 5.92. The molecule has 1 aliphatic carbocycles. The van der Waals surface area contributed by atoms with E-state index in [1.165, 1.54) is 9.40 Å². The van der Waals surface area contributed by atoms with Crippen LogP contribution in [0.3, 0.4) is 0 Å². The minimum Gasteiger partial charge on any atom is -0.376 e. The van der Waals surface area contributed by atoms with E-state index in [9.17, 15) is 4.79 Å². The zero-order valence-electron chi connectivity index (χ0n) is 11.8. The normalized spacial score (nSPS) is 22.5. The summed E-state index contributed by atoms with van der Waals surface area (Å²) in [5.41, 5.74) is 5.87. The van der Waals surface area contributed by atoms with Crippen LogP contribution < -0.4 is 11.1 Å². The maximum atomic E-state index is 12.0. The van der Waals surface area contributed by atoms with Crippen LogP contribution in [0.25, 0.3) is 9.40 Å². The minimum atomic E-state index is -0.00216. The lowest BCUT2D eigenvalue weighted by atomic mass is 9.94. The SMILES string of the molecule is NC1CCC(OCCNC(=O)c2cc3sccc3s2)CC1. The Morgan fingerprint density at radius 1 is 1.33 bits per heavy atom. The number of carbonyl (C=O) groups excluding carboxylic acids is 1. The van der Waals surface area contributed by atoms with E-state index in [2.05, 4.69) is 11.4 Å². The molecule has 114 valence electrons. The number of hydrogen-bond donors (Lipinski definition) is 2. The van der Waals surface area contributed by atoms with Crippen molar-refractivity contribution < 1.29 is 9.53 Å². The number of rotatable bonds is 5. The Balaban J connectivity index is 1.39. The van der Waals surface area contributed by atoms with Crippen molar-refractivity contribution in [2.45, 2.75) is 37.8 Å². The molecule has 1 aliphatic rings. The van der Waals surface area contributed by atoms with Crippen molar-refractivity contribution in [3.05, 3.63) is 22.4 Å². The summed E-state index contributed by atoms with van der Waals surface area (Å²) < 4.78 is 8.16. The molecule has 1 saturated carbocycles. The zero-order chi connectivity index (χ0) is 14.7. The lowest BCUT2D eigenvalue weighted by Crippen LogP contribution is -2.32. The summed E-state index contributed by atoms with van der Waals surface area (Å²) >= 11 is 3.21. The minimum absolute atomic E-state index is 0.00216. The molecule has 1 fully saturated rings. The average molecular weight is 324 g/mol. The summed E-state index contributed by atoms with van der Waals surface area (Å²) in [5, 5.41) is 4.97. The monoisotopic (exact) mass is 324 g/mol. The molecule has 2 heterocycles. The number of hydrogen-bond acceptors (Lipinski definition) is 5. The van der Waals surface area contributed by atoms with Crippen LogP contribution in [0.15, 0.2) is 17.5 Å². The van der Waals surface area contributed by atoms with Gasteiger partial charge in [0.1, 0.15) is 0 Å². The van der Waals surface area contributed by atoms with Gasteiger partial charge in [0.2, 0.25) is 0 Å². The lowest BCUT2D eigenvalue weighted by Gasteiger charge is -2.26. The van der Waals surface area contributed by atoms with Gasteiger partial charge in [-0.05, 0) is 43.2 Å². The van der Waals surface area contributed by atoms with Crippen LogP contribution in [0, 0.1) is 0 Å². The average Bonchev–Trinajstić information content (AvgIpc) is 3.06. The van der Waals surface area contributed by atoms with Crippen molar-refractivity contribution in [3.8, 4) is 0 Å². The van der Waals surface area contributed by atoms with Crippen molar-refractivity contribution in [2.24, 2.45) is 5.73 Å². The van der Waals surface area contributed by atoms with Crippen LogP contribution in [-0.4, -0.2) is 31.2 Å². The van der Waals surface area contributed by atoms with Crippen LogP contribution in [0.1, 0.15) is 35.4 Å². The van der Waals surface area contributed by atoms with Crippen molar-refractivity contribution >= 4 is 38.0 Å². The first-order valence-corrected chi connectivity index (χ1v) is 9.04. The predicted octanol–water partition coefficient (Wildman–Crippen LogP) is 2.98. The molecule has 6 heteroatoms. The highest BCUT2D eigenvalue weighted by molar-refractivity contribution is 7.27. The van der Waals surface area contributed by atoms with E-state index in [4.69, 9.17) is 10.5 Å². The molecular formula is C15H20N2O2S2. The van der Waals surface area contributed by atoms with Crippen molar-refractivity contribution in [3.63, 3.8) is 0 Å². The number of fused-ring (bicyclic) bond motifs is 1. The molecule has 0 bridgehead atoms. The van der Waals surface area contributed by atoms with Crippen LogP contribution in [-0.2, 0) is 4.74 Å². The first kappa shape index (κ1) is 15.0. The second-order valence-electron chi connectivity index (χ2n) is 5.42. The van der Waals surface area contributed by atoms with E-state index in [1.54, 1.807) is 22.7 Å². The maximum Gasteiger partial charge on any atom is 0.261 e. The van der Waals surface area contributed by atoms with Crippen LogP contribution in [0.2, 0.25) is 0 Å². The summed E-state index contributed by atoms with van der Waals surface area (Å²) in [6.45, 7) is 1.14. The summed E-state index contributed by atoms with van der Waals surface area (Å²) in [6.07, 6.45) is 4.48. The van der Waals surface area contributed by atoms with Gasteiger partial charge >= 0.3 is 0 Å². The van der Waals surface area contributed by atoms with E-state index in [1.807, 2.05) is 11.4 Å². The first-order valence-electron chi connectivity index (χ1n) is 7.35. The second-order valence-corrected chi connectivity index (χ2v) is 7.45. The van der Waals surface area contributed by atoms with Gasteiger partial charge < -0.3 is 15.8 Å². The highest BCUT2D eigenvalue weighted by atomic mass is 32.1. The van der Waals surface area contributed by atoms with Crippen LogP contribution in [0.4, 0.5) is 0 Å². The van der Waals surface area contributed by atoms with Crippen molar-refractivity contribution in [2.75, 3.05) is 13.2 Å². The van der Waals surface area contributed by atoms with Gasteiger partial charge in [0.05, 0.1) is 17.6 Å². The lowest BCUT2D eigenvalue weighted by molar-refractivity contribution is 0.0268. The summed E-state index contributed by atoms with van der Waals surface area (Å²) in [6, 6.07) is 4.36. The molecule has 21 heavy (non-hydrogen) atoms. The Bertz CT molecular complexity index is 571. The van der Waals surface area contributed by atoms with E-state index >= 15 is 0 Å². The molecule has 2 aromatic heterocycles. The fourth-order valence-corrected chi connectivity index (χ4v) is 4.64. The molecule has 0 aromatic carbocycles. The molecule has 2 aromatic rings. The first-order chi connectivity index (χ1) is 10.2. The van der Waals surface area contributed by atoms with Crippen molar-refractivity contribution in [1.29, 1.82) is 0 Å². The zero-order valence-corrected chi connectivity index (χ0v) is 13.5. The largest absolute Gasteiger partial charge is 0.376 e. The van der Waals surface area contributed by atoms with Gasteiger partial charge in [-0.2, -0.15) is 0 Å². The second kappa shape index (κ2) is 6.87. The third kappa shape index (κ3) is 3.83. The molecule has 4 nitrogen and oxygen atoms in total. The Morgan fingerprint density at radius 3 is 2.90 bits per heavy atom. The molecule has 3 rings (SSSR count). The predicted molar refractivity (Wildman–Crippen MR) is 88.2 cm³/mol. The number of nitrogens with one attached hydrogen (secondary N) is 1. The Morgan fingerprint density at radius 2 is 2.14 bits per heavy atom. The van der Waals surface area contributed by atoms with Crippen LogP contribution in [0.5, 0.6) is 0 Å². The number of amides is 1. The fourth-order valence-electron chi connectivity index (χ4n) is 2.61. The molecular weight excluding hydrogens is 304 g/mol. The molecule has 0 saturated heterocycles. The van der Waals surface area contributed by atoms with Gasteiger partial charge in [0.15, 0.2) is 0 Å². The standard InChI is InChI=1S/C15H20N2O2S2/c16-10-1-3-11(4-2-10)19-7-6-17-15(18)14-9-13-12(21-14)5-8-20-13/h5,8-11H,1-4,6-7,16H2,(H,17,18). The fraction of sp³-hybridized carbons (Fsp3) is 0.533. The van der Waals surface area contributed by atoms with Gasteiger partial charge in [0.25, 0.3) is 5.91 Å². The number of thiophene rings is 2. The van der Waals surface area contributed by atoms with E-state index < -0.39 is 0 Å². The summed E-state index contributed by atoms with van der Waals surface area (Å²) in [4.78, 5) is 12.8. The Kier molecular flexibility index (Phi) is 4.90. The number of nitrogens with two attached hydrogens (primary N) is 1. The molecule has 0 atom stereocenters. The van der Waals surface area contributed by atoms with Gasteiger partial charge in [-0.15, -0.1) is 22.7 Å². The Labute approximate surface area is 132 Å². The smallest absolute Gasteiger partial charge is 0.261 e. The van der Waals surface area contributed by atoms with Gasteiger partial charge in [-0.3, -0.25) is 4.79 Å². The number of ether oxygens (including phenoxy) is 1. The maximum absolute atomic E-state index is 12.0. The molecule has 0 aliphatic heterocycles. The number of carbonyl (C=O) groups is 1. The molecule has 0 spiro atoms. The van der Waals surface area contributed by atoms with E-state index in [-0.39, 0.29) is 5.91 Å². The highest BCUT2D eigenvalue weighted by Gasteiger charge is 2.18. The molecule has 3 N–H and O–H groups in total. The summed E-state index contributed by atoms with van der Waals surface area (Å²) in [7, 11) is 0. The Hall–Kier alpha value is -0.950. The van der Waals surface area contributed by atoms with Gasteiger partial charge in [-0.1, -0.05) is 0 Å². The van der Waals surface area contributed by atoms with Gasteiger partial charge in [0, 0.05) is 22.0 Å². The van der Waals surface area contributed by atoms with Gasteiger partial charge in [-0.25, -0.2) is 0 Å². The van der Waals surface area contributed by atoms with Crippen LogP contribution >= 0.6 is 22.7 Å². The summed E-state index contributed by atoms with van der Waals surface area (Å²) in [5.74, 6) is -0.00216. The highest BCUT2D eigenvalue weighted by Crippen LogP contribution is 2.29. The quantitative estimate of drug-likeness (QED) is 0.831.